The monoisotopic (exact) mass is 240 g/mol. The molecule has 1 saturated carbocycles. The molecule has 0 nitrogen and oxygen atoms in total. The molecule has 0 spiro atoms. The average Bonchev–Trinajstić information content (AvgIpc) is 2.69. The minimum Gasteiger partial charge on any atom is -0.0648 e. The lowest BCUT2D eigenvalue weighted by Crippen LogP contribution is -2.13. The summed E-state index contributed by atoms with van der Waals surface area (Å²) in [6.07, 6.45) is 6.84. The number of aryl methyl sites for hydroxylation is 1. The van der Waals surface area contributed by atoms with Crippen molar-refractivity contribution in [3.05, 3.63) is 40.5 Å². The summed E-state index contributed by atoms with van der Waals surface area (Å²) in [4.78, 5) is 0. The molecule has 0 N–H and O–H groups in total. The van der Waals surface area contributed by atoms with Crippen LogP contribution in [0.5, 0.6) is 0 Å². The molecule has 18 heavy (non-hydrogen) atoms. The largest absolute Gasteiger partial charge is 0.0648 e. The van der Waals surface area contributed by atoms with Crippen LogP contribution in [0.4, 0.5) is 0 Å². The third kappa shape index (κ3) is 1.92. The summed E-state index contributed by atoms with van der Waals surface area (Å²) in [6.45, 7) is 7.02. The zero-order valence-electron chi connectivity index (χ0n) is 11.9. The van der Waals surface area contributed by atoms with Gasteiger partial charge in [0.25, 0.3) is 0 Å². The lowest BCUT2D eigenvalue weighted by molar-refractivity contribution is 0.337. The Labute approximate surface area is 111 Å². The van der Waals surface area contributed by atoms with E-state index < -0.39 is 0 Å². The van der Waals surface area contributed by atoms with E-state index in [1.165, 1.54) is 37.7 Å². The molecule has 0 bridgehead atoms. The maximum Gasteiger partial charge on any atom is -0.00551 e. The van der Waals surface area contributed by atoms with E-state index in [0.717, 1.165) is 11.8 Å². The number of hydrogen-bond donors (Lipinski definition) is 0. The smallest absolute Gasteiger partial charge is 0.00551 e. The van der Waals surface area contributed by atoms with E-state index in [0.29, 0.717) is 0 Å². The molecule has 96 valence electrons. The van der Waals surface area contributed by atoms with Crippen LogP contribution in [0.1, 0.15) is 56.2 Å². The highest BCUT2D eigenvalue weighted by Crippen LogP contribution is 2.44. The topological polar surface area (TPSA) is 0 Å². The first-order valence-electron chi connectivity index (χ1n) is 7.45. The Balaban J connectivity index is 1.94. The summed E-state index contributed by atoms with van der Waals surface area (Å²) >= 11 is 0. The predicted octanol–water partition coefficient (Wildman–Crippen LogP) is 5.15. The number of rotatable bonds is 1. The number of hydrogen-bond acceptors (Lipinski definition) is 0. The summed E-state index contributed by atoms with van der Waals surface area (Å²) in [6, 6.07) is 6.85. The quantitative estimate of drug-likeness (QED) is 0.636. The molecular weight excluding hydrogens is 216 g/mol. The fourth-order valence-corrected chi connectivity index (χ4v) is 3.90. The van der Waals surface area contributed by atoms with Crippen molar-refractivity contribution in [2.75, 3.05) is 0 Å². The Bertz CT molecular complexity index is 485. The molecule has 0 radical (unpaired) electrons. The first-order valence-corrected chi connectivity index (χ1v) is 7.45. The lowest BCUT2D eigenvalue weighted by Gasteiger charge is -2.28. The minimum absolute atomic E-state index is 0.837. The summed E-state index contributed by atoms with van der Waals surface area (Å²) < 4.78 is 0. The molecule has 1 fully saturated rings. The van der Waals surface area contributed by atoms with Gasteiger partial charge in [-0.1, -0.05) is 43.5 Å². The third-order valence-electron chi connectivity index (χ3n) is 5.03. The summed E-state index contributed by atoms with van der Waals surface area (Å²) in [5.74, 6) is 1.78. The second-order valence-corrected chi connectivity index (χ2v) is 6.43. The second-order valence-electron chi connectivity index (χ2n) is 6.43. The van der Waals surface area contributed by atoms with Gasteiger partial charge < -0.3 is 0 Å². The third-order valence-corrected chi connectivity index (χ3v) is 5.03. The molecule has 0 unspecified atom stereocenters. The maximum atomic E-state index is 2.41. The lowest BCUT2D eigenvalue weighted by atomic mass is 9.77. The zero-order valence-corrected chi connectivity index (χ0v) is 11.9. The average molecular weight is 240 g/mol. The minimum atomic E-state index is 0.837. The summed E-state index contributed by atoms with van der Waals surface area (Å²) in [5.41, 5.74) is 8.00. The van der Waals surface area contributed by atoms with E-state index in [1.54, 1.807) is 22.3 Å². The van der Waals surface area contributed by atoms with Crippen molar-refractivity contribution in [1.82, 2.24) is 0 Å². The van der Waals surface area contributed by atoms with Gasteiger partial charge >= 0.3 is 0 Å². The van der Waals surface area contributed by atoms with Crippen molar-refractivity contribution >= 4 is 5.57 Å². The number of allylic oxidation sites excluding steroid dienone is 2. The SMILES string of the molecule is CC1=C(C2CCC(C)CC2)c2cccc(C)c2C1. The van der Waals surface area contributed by atoms with Gasteiger partial charge in [0, 0.05) is 0 Å². The first kappa shape index (κ1) is 12.0. The van der Waals surface area contributed by atoms with Crippen molar-refractivity contribution in [3.63, 3.8) is 0 Å². The van der Waals surface area contributed by atoms with Crippen molar-refractivity contribution in [1.29, 1.82) is 0 Å². The van der Waals surface area contributed by atoms with Crippen LogP contribution in [0.25, 0.3) is 5.57 Å². The van der Waals surface area contributed by atoms with Gasteiger partial charge in [0.2, 0.25) is 0 Å². The molecule has 0 amide bonds. The van der Waals surface area contributed by atoms with Crippen LogP contribution < -0.4 is 0 Å². The number of benzene rings is 1. The molecule has 3 rings (SSSR count). The summed E-state index contributed by atoms with van der Waals surface area (Å²) in [7, 11) is 0. The fraction of sp³-hybridized carbons (Fsp3) is 0.556. The fourth-order valence-electron chi connectivity index (χ4n) is 3.90. The van der Waals surface area contributed by atoms with Crippen molar-refractivity contribution in [3.8, 4) is 0 Å². The van der Waals surface area contributed by atoms with E-state index in [-0.39, 0.29) is 0 Å². The van der Waals surface area contributed by atoms with E-state index in [2.05, 4.69) is 39.0 Å². The molecule has 2 aliphatic carbocycles. The van der Waals surface area contributed by atoms with Crippen molar-refractivity contribution in [2.24, 2.45) is 11.8 Å². The molecule has 2 aliphatic rings. The normalized spacial score (nSPS) is 27.5. The van der Waals surface area contributed by atoms with E-state index in [4.69, 9.17) is 0 Å². The zero-order chi connectivity index (χ0) is 12.7. The first-order chi connectivity index (χ1) is 8.66. The van der Waals surface area contributed by atoms with E-state index in [9.17, 15) is 0 Å². The van der Waals surface area contributed by atoms with Gasteiger partial charge in [-0.15, -0.1) is 0 Å². The van der Waals surface area contributed by atoms with Gasteiger partial charge in [-0.2, -0.15) is 0 Å². The van der Waals surface area contributed by atoms with Crippen molar-refractivity contribution < 1.29 is 0 Å². The van der Waals surface area contributed by atoms with Crippen LogP contribution in [0.2, 0.25) is 0 Å². The van der Waals surface area contributed by atoms with Gasteiger partial charge in [-0.25, -0.2) is 0 Å². The van der Waals surface area contributed by atoms with Crippen LogP contribution >= 0.6 is 0 Å². The molecular formula is C18H24. The Hall–Kier alpha value is -1.04. The van der Waals surface area contributed by atoms with Crippen LogP contribution in [0.15, 0.2) is 23.8 Å². The predicted molar refractivity (Wildman–Crippen MR) is 78.6 cm³/mol. The summed E-state index contributed by atoms with van der Waals surface area (Å²) in [5, 5.41) is 0. The molecule has 0 saturated heterocycles. The standard InChI is InChI=1S/C18H24/c1-12-7-9-15(10-8-12)18-14(3)11-17-13(2)5-4-6-16(17)18/h4-6,12,15H,7-11H2,1-3H3. The Morgan fingerprint density at radius 1 is 1.00 bits per heavy atom. The second kappa shape index (κ2) is 4.57. The maximum absolute atomic E-state index is 2.41. The molecule has 0 atom stereocenters. The van der Waals surface area contributed by atoms with Crippen LogP contribution in [-0.2, 0) is 6.42 Å². The van der Waals surface area contributed by atoms with Gasteiger partial charge in [0.05, 0.1) is 0 Å². The van der Waals surface area contributed by atoms with E-state index >= 15 is 0 Å². The highest BCUT2D eigenvalue weighted by Gasteiger charge is 2.28. The van der Waals surface area contributed by atoms with E-state index in [1.807, 2.05) is 0 Å². The van der Waals surface area contributed by atoms with Gasteiger partial charge in [-0.3, -0.25) is 0 Å². The molecule has 0 aliphatic heterocycles. The van der Waals surface area contributed by atoms with Crippen LogP contribution in [0.3, 0.4) is 0 Å². The van der Waals surface area contributed by atoms with Crippen molar-refractivity contribution in [2.45, 2.75) is 52.9 Å². The Kier molecular flexibility index (Phi) is 3.05. The van der Waals surface area contributed by atoms with Crippen LogP contribution in [0, 0.1) is 18.8 Å². The van der Waals surface area contributed by atoms with Gasteiger partial charge in [0.1, 0.15) is 0 Å². The molecule has 0 heterocycles. The highest BCUT2D eigenvalue weighted by atomic mass is 14.3. The highest BCUT2D eigenvalue weighted by molar-refractivity contribution is 5.78. The molecule has 0 aromatic heterocycles. The van der Waals surface area contributed by atoms with Gasteiger partial charge in [0.15, 0.2) is 0 Å². The molecule has 0 heteroatoms. The number of fused-ring (bicyclic) bond motifs is 1. The molecule has 1 aromatic rings. The van der Waals surface area contributed by atoms with Crippen LogP contribution in [-0.4, -0.2) is 0 Å². The van der Waals surface area contributed by atoms with Gasteiger partial charge in [-0.05, 0) is 67.2 Å². The Morgan fingerprint density at radius 2 is 1.72 bits per heavy atom. The Morgan fingerprint density at radius 3 is 2.44 bits per heavy atom. The molecule has 1 aromatic carbocycles.